The normalized spacial score (nSPS) is 14.5. The van der Waals surface area contributed by atoms with Crippen molar-refractivity contribution in [2.24, 2.45) is 4.99 Å². The van der Waals surface area contributed by atoms with Gasteiger partial charge in [-0.05, 0) is 49.4 Å². The molecule has 0 unspecified atom stereocenters. The van der Waals surface area contributed by atoms with Gasteiger partial charge in [0.2, 0.25) is 5.88 Å². The Kier molecular flexibility index (Phi) is 7.55. The highest BCUT2D eigenvalue weighted by molar-refractivity contribution is 5.79. The van der Waals surface area contributed by atoms with Gasteiger partial charge in [-0.15, -0.1) is 0 Å². The van der Waals surface area contributed by atoms with E-state index < -0.39 is 0 Å². The number of guanidine groups is 1. The number of benzene rings is 1. The van der Waals surface area contributed by atoms with E-state index in [0.29, 0.717) is 31.0 Å². The van der Waals surface area contributed by atoms with Crippen molar-refractivity contribution in [1.29, 1.82) is 0 Å². The van der Waals surface area contributed by atoms with Crippen LogP contribution in [0.3, 0.4) is 0 Å². The highest BCUT2D eigenvalue weighted by Crippen LogP contribution is 2.24. The molecule has 156 valence electrons. The zero-order chi connectivity index (χ0) is 20.5. The van der Waals surface area contributed by atoms with Crippen LogP contribution in [0.25, 0.3) is 0 Å². The second-order valence-electron chi connectivity index (χ2n) is 6.98. The van der Waals surface area contributed by atoms with Crippen LogP contribution in [0.5, 0.6) is 17.4 Å². The van der Waals surface area contributed by atoms with Crippen LogP contribution in [0.1, 0.15) is 36.8 Å². The van der Waals surface area contributed by atoms with E-state index in [1.165, 1.54) is 12.8 Å². The van der Waals surface area contributed by atoms with Crippen LogP contribution in [-0.2, 0) is 13.1 Å². The van der Waals surface area contributed by atoms with Crippen LogP contribution in [0, 0.1) is 0 Å². The van der Waals surface area contributed by atoms with Gasteiger partial charge in [-0.3, -0.25) is 4.99 Å². The van der Waals surface area contributed by atoms with E-state index in [2.05, 4.69) is 20.6 Å². The SMILES string of the molecule is CN=C(NCc1ccnc(OC2CCCC2)c1)NCc1ccc(OC)cc1OC. The third-order valence-corrected chi connectivity index (χ3v) is 5.01. The molecule has 7 heteroatoms. The first kappa shape index (κ1) is 20.8. The number of aliphatic imine (C=N–C) groups is 1. The third kappa shape index (κ3) is 6.01. The summed E-state index contributed by atoms with van der Waals surface area (Å²) < 4.78 is 16.7. The summed E-state index contributed by atoms with van der Waals surface area (Å²) in [4.78, 5) is 8.63. The van der Waals surface area contributed by atoms with Gasteiger partial charge in [0.15, 0.2) is 5.96 Å². The van der Waals surface area contributed by atoms with Crippen molar-refractivity contribution in [3.05, 3.63) is 47.7 Å². The number of ether oxygens (including phenoxy) is 3. The Morgan fingerprint density at radius 2 is 1.86 bits per heavy atom. The molecule has 1 saturated carbocycles. The molecule has 0 atom stereocenters. The van der Waals surface area contributed by atoms with Gasteiger partial charge in [0, 0.05) is 44.0 Å². The van der Waals surface area contributed by atoms with Gasteiger partial charge in [-0.25, -0.2) is 4.98 Å². The lowest BCUT2D eigenvalue weighted by Crippen LogP contribution is -2.36. The van der Waals surface area contributed by atoms with Crippen molar-refractivity contribution in [2.75, 3.05) is 21.3 Å². The first-order valence-electron chi connectivity index (χ1n) is 9.99. The Hall–Kier alpha value is -2.96. The highest BCUT2D eigenvalue weighted by atomic mass is 16.5. The molecule has 2 N–H and O–H groups in total. The molecule has 0 saturated heterocycles. The minimum Gasteiger partial charge on any atom is -0.497 e. The van der Waals surface area contributed by atoms with E-state index >= 15 is 0 Å². The zero-order valence-electron chi connectivity index (χ0n) is 17.4. The lowest BCUT2D eigenvalue weighted by molar-refractivity contribution is 0.201. The molecule has 0 radical (unpaired) electrons. The second kappa shape index (κ2) is 10.5. The van der Waals surface area contributed by atoms with Crippen molar-refractivity contribution in [2.45, 2.75) is 44.9 Å². The van der Waals surface area contributed by atoms with E-state index in [-0.39, 0.29) is 0 Å². The number of hydrogen-bond acceptors (Lipinski definition) is 5. The van der Waals surface area contributed by atoms with Crippen molar-refractivity contribution in [1.82, 2.24) is 15.6 Å². The van der Waals surface area contributed by atoms with Crippen molar-refractivity contribution in [3.8, 4) is 17.4 Å². The van der Waals surface area contributed by atoms with Crippen LogP contribution < -0.4 is 24.8 Å². The van der Waals surface area contributed by atoms with E-state index in [1.54, 1.807) is 27.5 Å². The molecule has 1 aliphatic carbocycles. The summed E-state index contributed by atoms with van der Waals surface area (Å²) in [5, 5.41) is 6.64. The van der Waals surface area contributed by atoms with Crippen LogP contribution in [0.15, 0.2) is 41.5 Å². The number of hydrogen-bond donors (Lipinski definition) is 2. The van der Waals surface area contributed by atoms with Crippen LogP contribution in [-0.4, -0.2) is 38.3 Å². The Balaban J connectivity index is 1.53. The predicted octanol–water partition coefficient (Wildman–Crippen LogP) is 3.29. The Morgan fingerprint density at radius 1 is 1.07 bits per heavy atom. The van der Waals surface area contributed by atoms with Gasteiger partial charge in [-0.2, -0.15) is 0 Å². The van der Waals surface area contributed by atoms with Gasteiger partial charge < -0.3 is 24.8 Å². The monoisotopic (exact) mass is 398 g/mol. The lowest BCUT2D eigenvalue weighted by Gasteiger charge is -2.15. The summed E-state index contributed by atoms with van der Waals surface area (Å²) in [6.07, 6.45) is 6.82. The van der Waals surface area contributed by atoms with E-state index in [9.17, 15) is 0 Å². The molecule has 1 fully saturated rings. The largest absolute Gasteiger partial charge is 0.497 e. The average Bonchev–Trinajstić information content (AvgIpc) is 3.27. The standard InChI is InChI=1S/C22H30N4O3/c1-23-22(26-15-17-8-9-19(27-2)13-20(17)28-3)25-14-16-10-11-24-21(12-16)29-18-6-4-5-7-18/h8-13,18H,4-7,14-15H2,1-3H3,(H2,23,25,26). The van der Waals surface area contributed by atoms with Crippen LogP contribution in [0.4, 0.5) is 0 Å². The quantitative estimate of drug-likeness (QED) is 0.525. The van der Waals surface area contributed by atoms with Gasteiger partial charge >= 0.3 is 0 Å². The van der Waals surface area contributed by atoms with E-state index in [4.69, 9.17) is 14.2 Å². The molecule has 29 heavy (non-hydrogen) atoms. The van der Waals surface area contributed by atoms with Crippen molar-refractivity contribution < 1.29 is 14.2 Å². The van der Waals surface area contributed by atoms with Gasteiger partial charge in [-0.1, -0.05) is 0 Å². The number of nitrogens with zero attached hydrogens (tertiary/aromatic N) is 2. The molecular weight excluding hydrogens is 368 g/mol. The summed E-state index contributed by atoms with van der Waals surface area (Å²) in [6.45, 7) is 1.21. The summed E-state index contributed by atoms with van der Waals surface area (Å²) in [5.74, 6) is 2.94. The van der Waals surface area contributed by atoms with E-state index in [0.717, 1.165) is 35.5 Å². The Bertz CT molecular complexity index is 819. The average molecular weight is 399 g/mol. The Labute approximate surface area is 172 Å². The minimum absolute atomic E-state index is 0.305. The van der Waals surface area contributed by atoms with Crippen molar-refractivity contribution in [3.63, 3.8) is 0 Å². The van der Waals surface area contributed by atoms with E-state index in [1.807, 2.05) is 30.3 Å². The molecule has 1 heterocycles. The molecule has 0 aliphatic heterocycles. The number of pyridine rings is 1. The molecule has 1 aromatic carbocycles. The molecule has 0 amide bonds. The highest BCUT2D eigenvalue weighted by Gasteiger charge is 2.17. The summed E-state index contributed by atoms with van der Waals surface area (Å²) in [5.41, 5.74) is 2.12. The van der Waals surface area contributed by atoms with Crippen LogP contribution >= 0.6 is 0 Å². The fraction of sp³-hybridized carbons (Fsp3) is 0.455. The van der Waals surface area contributed by atoms with Gasteiger partial charge in [0.1, 0.15) is 17.6 Å². The first-order chi connectivity index (χ1) is 14.2. The van der Waals surface area contributed by atoms with Crippen molar-refractivity contribution >= 4 is 5.96 Å². The summed E-state index contributed by atoms with van der Waals surface area (Å²) in [7, 11) is 5.05. The van der Waals surface area contributed by atoms with Gasteiger partial charge in [0.05, 0.1) is 14.2 Å². The molecule has 2 aromatic rings. The number of aromatic nitrogens is 1. The minimum atomic E-state index is 0.305. The lowest BCUT2D eigenvalue weighted by atomic mass is 10.2. The third-order valence-electron chi connectivity index (χ3n) is 5.01. The maximum atomic E-state index is 5.99. The molecule has 1 aromatic heterocycles. The predicted molar refractivity (Wildman–Crippen MR) is 114 cm³/mol. The fourth-order valence-corrected chi connectivity index (χ4v) is 3.39. The number of methoxy groups -OCH3 is 2. The van der Waals surface area contributed by atoms with Crippen LogP contribution in [0.2, 0.25) is 0 Å². The topological polar surface area (TPSA) is 77.0 Å². The summed E-state index contributed by atoms with van der Waals surface area (Å²) >= 11 is 0. The molecule has 3 rings (SSSR count). The molecular formula is C22H30N4O3. The molecule has 7 nitrogen and oxygen atoms in total. The number of rotatable bonds is 8. The van der Waals surface area contributed by atoms with Gasteiger partial charge in [0.25, 0.3) is 0 Å². The first-order valence-corrected chi connectivity index (χ1v) is 9.99. The molecule has 1 aliphatic rings. The molecule has 0 spiro atoms. The second-order valence-corrected chi connectivity index (χ2v) is 6.98. The Morgan fingerprint density at radius 3 is 2.59 bits per heavy atom. The molecule has 0 bridgehead atoms. The maximum absolute atomic E-state index is 5.99. The summed E-state index contributed by atoms with van der Waals surface area (Å²) in [6, 6.07) is 9.74. The smallest absolute Gasteiger partial charge is 0.213 e. The maximum Gasteiger partial charge on any atom is 0.213 e. The number of nitrogens with one attached hydrogen (secondary N) is 2. The fourth-order valence-electron chi connectivity index (χ4n) is 3.39. The zero-order valence-corrected chi connectivity index (χ0v) is 17.4.